The van der Waals surface area contributed by atoms with Gasteiger partial charge in [0.1, 0.15) is 15.7 Å². The Morgan fingerprint density at radius 3 is 2.50 bits per heavy atom. The first-order valence-corrected chi connectivity index (χ1v) is 7.91. The van der Waals surface area contributed by atoms with Crippen molar-refractivity contribution in [2.24, 2.45) is 5.73 Å². The van der Waals surface area contributed by atoms with E-state index in [1.165, 1.54) is 12.3 Å². The molecule has 0 bridgehead atoms. The second-order valence-electron chi connectivity index (χ2n) is 5.11. The number of sulfone groups is 1. The largest absolute Gasteiger partial charge is 0.322 e. The quantitative estimate of drug-likeness (QED) is 0.894. The lowest BCUT2D eigenvalue weighted by Gasteiger charge is -2.25. The van der Waals surface area contributed by atoms with Crippen molar-refractivity contribution in [1.82, 2.24) is 0 Å². The zero-order valence-electron chi connectivity index (χ0n) is 11.0. The van der Waals surface area contributed by atoms with Gasteiger partial charge >= 0.3 is 0 Å². The molecule has 1 unspecified atom stereocenters. The minimum Gasteiger partial charge on any atom is -0.322 e. The van der Waals surface area contributed by atoms with Crippen LogP contribution in [0.1, 0.15) is 30.9 Å². The summed E-state index contributed by atoms with van der Waals surface area (Å²) in [5, 5.41) is 0. The summed E-state index contributed by atoms with van der Waals surface area (Å²) in [6, 6.07) is 4.90. The molecular formula is C13H20FNO2S. The van der Waals surface area contributed by atoms with E-state index in [9.17, 15) is 12.8 Å². The van der Waals surface area contributed by atoms with Crippen LogP contribution in [0.4, 0.5) is 4.39 Å². The van der Waals surface area contributed by atoms with Crippen molar-refractivity contribution in [3.8, 4) is 0 Å². The summed E-state index contributed by atoms with van der Waals surface area (Å²) < 4.78 is 35.6. The number of aryl methyl sites for hydroxylation is 1. The molecule has 0 radical (unpaired) electrons. The third-order valence-corrected chi connectivity index (χ3v) is 4.07. The van der Waals surface area contributed by atoms with E-state index in [4.69, 9.17) is 5.73 Å². The summed E-state index contributed by atoms with van der Waals surface area (Å²) >= 11 is 0. The molecule has 1 aromatic rings. The molecule has 0 aromatic heterocycles. The molecule has 0 amide bonds. The van der Waals surface area contributed by atoms with Crippen molar-refractivity contribution in [3.05, 3.63) is 35.1 Å². The molecule has 0 aliphatic rings. The van der Waals surface area contributed by atoms with Crippen molar-refractivity contribution in [2.75, 3.05) is 12.0 Å². The first kappa shape index (κ1) is 15.1. The number of hydrogen-bond acceptors (Lipinski definition) is 3. The van der Waals surface area contributed by atoms with Gasteiger partial charge in [0.05, 0.1) is 0 Å². The molecule has 1 rings (SSSR count). The highest BCUT2D eigenvalue weighted by Gasteiger charge is 2.22. The minimum atomic E-state index is -2.97. The van der Waals surface area contributed by atoms with Crippen LogP contribution in [0.25, 0.3) is 0 Å². The van der Waals surface area contributed by atoms with E-state index in [-0.39, 0.29) is 11.6 Å². The highest BCUT2D eigenvalue weighted by atomic mass is 32.2. The Kier molecular flexibility index (Phi) is 4.50. The van der Waals surface area contributed by atoms with Gasteiger partial charge in [-0.3, -0.25) is 0 Å². The van der Waals surface area contributed by atoms with Gasteiger partial charge in [-0.15, -0.1) is 0 Å². The maximum absolute atomic E-state index is 13.5. The van der Waals surface area contributed by atoms with Crippen molar-refractivity contribution >= 4 is 9.84 Å². The highest BCUT2D eigenvalue weighted by molar-refractivity contribution is 7.90. The van der Waals surface area contributed by atoms with E-state index < -0.39 is 15.4 Å². The van der Waals surface area contributed by atoms with Crippen LogP contribution in [0.3, 0.4) is 0 Å². The summed E-state index contributed by atoms with van der Waals surface area (Å²) in [7, 11) is -2.97. The molecule has 1 aromatic carbocycles. The zero-order valence-corrected chi connectivity index (χ0v) is 11.8. The third-order valence-electron chi connectivity index (χ3n) is 3.04. The molecule has 5 heteroatoms. The monoisotopic (exact) mass is 273 g/mol. The van der Waals surface area contributed by atoms with Crippen molar-refractivity contribution in [2.45, 2.75) is 32.2 Å². The predicted molar refractivity (Wildman–Crippen MR) is 71.6 cm³/mol. The van der Waals surface area contributed by atoms with Gasteiger partial charge in [0.15, 0.2) is 0 Å². The maximum Gasteiger partial charge on any atom is 0.147 e. The third kappa shape index (κ3) is 4.38. The summed E-state index contributed by atoms with van der Waals surface area (Å²) in [4.78, 5) is 0. The van der Waals surface area contributed by atoms with Crippen LogP contribution in [0, 0.1) is 12.7 Å². The lowest BCUT2D eigenvalue weighted by molar-refractivity contribution is 0.442. The minimum absolute atomic E-state index is 0.105. The molecule has 3 nitrogen and oxygen atoms in total. The Bertz CT molecular complexity index is 524. The fourth-order valence-corrected chi connectivity index (χ4v) is 2.46. The lowest BCUT2D eigenvalue weighted by atomic mass is 9.88. The van der Waals surface area contributed by atoms with Crippen molar-refractivity contribution in [3.63, 3.8) is 0 Å². The van der Waals surface area contributed by atoms with Gasteiger partial charge in [0.2, 0.25) is 0 Å². The van der Waals surface area contributed by atoms with Crippen LogP contribution < -0.4 is 5.73 Å². The molecule has 1 atom stereocenters. The average Bonchev–Trinajstić information content (AvgIpc) is 2.19. The van der Waals surface area contributed by atoms with Crippen LogP contribution in [0.2, 0.25) is 0 Å². The van der Waals surface area contributed by atoms with Gasteiger partial charge < -0.3 is 5.73 Å². The summed E-state index contributed by atoms with van der Waals surface area (Å²) in [6.07, 6.45) is 2.18. The Labute approximate surface area is 108 Å². The molecule has 2 N–H and O–H groups in total. The van der Waals surface area contributed by atoms with E-state index in [0.717, 1.165) is 0 Å². The van der Waals surface area contributed by atoms with Gasteiger partial charge in [-0.1, -0.05) is 12.1 Å². The van der Waals surface area contributed by atoms with E-state index in [2.05, 4.69) is 0 Å². The summed E-state index contributed by atoms with van der Waals surface area (Å²) in [5.74, 6) is -0.180. The van der Waals surface area contributed by atoms with E-state index in [0.29, 0.717) is 24.0 Å². The highest BCUT2D eigenvalue weighted by Crippen LogP contribution is 2.25. The first-order valence-electron chi connectivity index (χ1n) is 5.85. The number of hydrogen-bond donors (Lipinski definition) is 1. The fraction of sp³-hybridized carbons (Fsp3) is 0.538. The fourth-order valence-electron chi connectivity index (χ4n) is 1.79. The predicted octanol–water partition coefficient (Wildman–Crippen LogP) is 2.13. The van der Waals surface area contributed by atoms with Crippen LogP contribution >= 0.6 is 0 Å². The molecule has 0 saturated heterocycles. The molecule has 0 fully saturated rings. The molecule has 0 saturated carbocycles. The normalized spacial score (nSPS) is 15.4. The summed E-state index contributed by atoms with van der Waals surface area (Å²) in [6.45, 7) is 3.48. The van der Waals surface area contributed by atoms with Crippen molar-refractivity contribution < 1.29 is 12.8 Å². The SMILES string of the molecule is Cc1ccc(C(C)(N)CCCS(C)(=O)=O)cc1F. The van der Waals surface area contributed by atoms with E-state index in [1.54, 1.807) is 26.0 Å². The van der Waals surface area contributed by atoms with Gasteiger partial charge in [-0.05, 0) is 43.9 Å². The Morgan fingerprint density at radius 2 is 2.00 bits per heavy atom. The second-order valence-corrected chi connectivity index (χ2v) is 7.37. The molecule has 0 aliphatic heterocycles. The van der Waals surface area contributed by atoms with Gasteiger partial charge in [0, 0.05) is 17.5 Å². The molecule has 0 aliphatic carbocycles. The number of halogens is 1. The number of benzene rings is 1. The summed E-state index contributed by atoms with van der Waals surface area (Å²) in [5.41, 5.74) is 6.68. The topological polar surface area (TPSA) is 60.2 Å². The molecule has 0 heterocycles. The Morgan fingerprint density at radius 1 is 1.39 bits per heavy atom. The van der Waals surface area contributed by atoms with Crippen LogP contribution in [-0.4, -0.2) is 20.4 Å². The van der Waals surface area contributed by atoms with Crippen molar-refractivity contribution in [1.29, 1.82) is 0 Å². The second kappa shape index (κ2) is 5.36. The number of nitrogens with two attached hydrogens (primary N) is 1. The van der Waals surface area contributed by atoms with Crippen LogP contribution in [-0.2, 0) is 15.4 Å². The Hall–Kier alpha value is -0.940. The van der Waals surface area contributed by atoms with E-state index in [1.807, 2.05) is 0 Å². The van der Waals surface area contributed by atoms with Gasteiger partial charge in [-0.25, -0.2) is 12.8 Å². The van der Waals surface area contributed by atoms with Crippen LogP contribution in [0.15, 0.2) is 18.2 Å². The standard InChI is InChI=1S/C13H20FNO2S/c1-10-5-6-11(9-12(10)14)13(2,15)7-4-8-18(3,16)17/h5-6,9H,4,7-8,15H2,1-3H3. The molecular weight excluding hydrogens is 253 g/mol. The first-order chi connectivity index (χ1) is 8.12. The Balaban J connectivity index is 2.76. The zero-order chi connectivity index (χ0) is 14.0. The molecule has 0 spiro atoms. The van der Waals surface area contributed by atoms with E-state index >= 15 is 0 Å². The smallest absolute Gasteiger partial charge is 0.147 e. The maximum atomic E-state index is 13.5. The number of rotatable bonds is 5. The lowest BCUT2D eigenvalue weighted by Crippen LogP contribution is -2.33. The van der Waals surface area contributed by atoms with Crippen LogP contribution in [0.5, 0.6) is 0 Å². The molecule has 18 heavy (non-hydrogen) atoms. The van der Waals surface area contributed by atoms with Gasteiger partial charge in [-0.2, -0.15) is 0 Å². The van der Waals surface area contributed by atoms with Gasteiger partial charge in [0.25, 0.3) is 0 Å². The average molecular weight is 273 g/mol. The molecule has 102 valence electrons.